The number of ether oxygens (including phenoxy) is 3. The SMILES string of the molecule is [2H]c1nc([2H])c([2H])c(-c2nc(NS(=O)(=O)c3ccc(C([2H])([2H])[2H])cn3)c(Oc3ccccc3OC([2H])([2H])[2H])c(OC([2H])([2H])[2H])n2)c1[2H]. The van der Waals surface area contributed by atoms with E-state index < -0.39 is 101 Å². The molecule has 0 aliphatic heterocycles. The first kappa shape index (κ1) is 11.7. The van der Waals surface area contributed by atoms with Gasteiger partial charge in [-0.2, -0.15) is 13.4 Å². The van der Waals surface area contributed by atoms with Gasteiger partial charge in [0.2, 0.25) is 5.75 Å². The van der Waals surface area contributed by atoms with Crippen molar-refractivity contribution >= 4 is 15.8 Å². The van der Waals surface area contributed by atoms with Crippen LogP contribution in [0.1, 0.15) is 23.4 Å². The molecule has 0 aliphatic rings. The van der Waals surface area contributed by atoms with Crippen molar-refractivity contribution in [2.75, 3.05) is 18.8 Å². The first-order valence-corrected chi connectivity index (χ1v) is 10.5. The summed E-state index contributed by atoms with van der Waals surface area (Å²) in [6.45, 7) is -2.61. The molecule has 34 heavy (non-hydrogen) atoms. The normalized spacial score (nSPS) is 17.7. The monoisotopic (exact) mass is 492 g/mol. The van der Waals surface area contributed by atoms with Gasteiger partial charge in [0.15, 0.2) is 28.2 Å². The fourth-order valence-electron chi connectivity index (χ4n) is 2.56. The second-order valence-corrected chi connectivity index (χ2v) is 7.86. The Morgan fingerprint density at radius 2 is 1.79 bits per heavy atom. The molecule has 3 heterocycles. The molecule has 4 aromatic rings. The third kappa shape index (κ3) is 4.89. The number of anilines is 1. The van der Waals surface area contributed by atoms with Crippen molar-refractivity contribution in [1.29, 1.82) is 0 Å². The fraction of sp³-hybridized carbons (Fsp3) is 0.130. The number of hydrogen-bond donors (Lipinski definition) is 1. The summed E-state index contributed by atoms with van der Waals surface area (Å²) in [4.78, 5) is 15.0. The van der Waals surface area contributed by atoms with Crippen molar-refractivity contribution < 1.29 is 40.4 Å². The van der Waals surface area contributed by atoms with Gasteiger partial charge >= 0.3 is 0 Å². The molecule has 0 fully saturated rings. The summed E-state index contributed by atoms with van der Waals surface area (Å²) in [6, 6.07) is 5.34. The smallest absolute Gasteiger partial charge is 0.280 e. The second-order valence-electron chi connectivity index (χ2n) is 6.23. The lowest BCUT2D eigenvalue weighted by atomic mass is 10.2. The van der Waals surface area contributed by atoms with Crippen LogP contribution in [0.3, 0.4) is 0 Å². The molecule has 0 saturated heterocycles. The Hall–Kier alpha value is -4.25. The van der Waals surface area contributed by atoms with Crippen LogP contribution in [0.25, 0.3) is 11.4 Å². The van der Waals surface area contributed by atoms with Crippen molar-refractivity contribution in [2.45, 2.75) is 11.9 Å². The predicted molar refractivity (Wildman–Crippen MR) is 125 cm³/mol. The summed E-state index contributed by atoms with van der Waals surface area (Å²) >= 11 is 0. The van der Waals surface area contributed by atoms with E-state index in [0.29, 0.717) is 0 Å². The molecule has 4 rings (SSSR count). The topological polar surface area (TPSA) is 125 Å². The lowest BCUT2D eigenvalue weighted by molar-refractivity contribution is 0.348. The van der Waals surface area contributed by atoms with Crippen LogP contribution in [0.15, 0.2) is 72.1 Å². The maximum Gasteiger partial charge on any atom is 0.280 e. The lowest BCUT2D eigenvalue weighted by Gasteiger charge is -2.17. The van der Waals surface area contributed by atoms with Gasteiger partial charge in [0.25, 0.3) is 15.9 Å². The number of rotatable bonds is 8. The number of nitrogens with one attached hydrogen (secondary N) is 1. The fourth-order valence-corrected chi connectivity index (χ4v) is 3.49. The van der Waals surface area contributed by atoms with Crippen LogP contribution in [-0.2, 0) is 10.0 Å². The highest BCUT2D eigenvalue weighted by Gasteiger charge is 2.25. The van der Waals surface area contributed by atoms with E-state index in [-0.39, 0.29) is 5.56 Å². The first-order valence-electron chi connectivity index (χ1n) is 15.6. The minimum absolute atomic E-state index is 0.287. The average Bonchev–Trinajstić information content (AvgIpc) is 2.92. The Morgan fingerprint density at radius 3 is 2.50 bits per heavy atom. The molecule has 0 aliphatic carbocycles. The van der Waals surface area contributed by atoms with Gasteiger partial charge in [0.1, 0.15) is 0 Å². The molecule has 0 amide bonds. The van der Waals surface area contributed by atoms with E-state index in [1.807, 2.05) is 4.72 Å². The standard InChI is InChI=1S/C23H21N5O5S/c1-15-8-9-19(25-14-15)34(29,30)28-22-20(33-18-7-5-4-6-17(18)31-2)23(32-3)27-21(26-22)16-10-12-24-13-11-16/h4-14H,1-3H3,(H,26,27,28)/i1D3,2D3,3D3,10D,11D,12D,13D. The van der Waals surface area contributed by atoms with Gasteiger partial charge < -0.3 is 14.2 Å². The zero-order chi connectivity index (χ0) is 35.1. The number of aryl methyl sites for hydroxylation is 1. The third-order valence-corrected chi connectivity index (χ3v) is 5.30. The minimum Gasteiger partial charge on any atom is -0.493 e. The van der Waals surface area contributed by atoms with Gasteiger partial charge in [0.05, 0.1) is 27.8 Å². The number of sulfonamides is 1. The van der Waals surface area contributed by atoms with Crippen LogP contribution in [0.4, 0.5) is 5.82 Å². The predicted octanol–water partition coefficient (Wildman–Crippen LogP) is 3.85. The van der Waals surface area contributed by atoms with E-state index in [2.05, 4.69) is 19.9 Å². The van der Waals surface area contributed by atoms with Crippen LogP contribution >= 0.6 is 0 Å². The summed E-state index contributed by atoms with van der Waals surface area (Å²) in [5.41, 5.74) is -0.922. The first-order chi connectivity index (χ1) is 21.6. The highest BCUT2D eigenvalue weighted by atomic mass is 32.2. The van der Waals surface area contributed by atoms with Crippen LogP contribution in [-0.4, -0.2) is 42.4 Å². The molecule has 0 saturated carbocycles. The number of pyridine rings is 2. The van der Waals surface area contributed by atoms with Crippen LogP contribution in [0.5, 0.6) is 23.1 Å². The molecule has 0 bridgehead atoms. The summed E-state index contributed by atoms with van der Waals surface area (Å²) < 4.78 is 145. The maximum atomic E-state index is 13.5. The van der Waals surface area contributed by atoms with Crippen molar-refractivity contribution in [3.63, 3.8) is 0 Å². The quantitative estimate of drug-likeness (QED) is 0.390. The van der Waals surface area contributed by atoms with Crippen molar-refractivity contribution in [2.24, 2.45) is 0 Å². The molecule has 1 aromatic carbocycles. The Labute approximate surface area is 214 Å². The molecule has 11 heteroatoms. The van der Waals surface area contributed by atoms with E-state index in [9.17, 15) is 8.42 Å². The number of hydrogen-bond acceptors (Lipinski definition) is 9. The molecule has 1 N–H and O–H groups in total. The van der Waals surface area contributed by atoms with E-state index in [1.54, 1.807) is 0 Å². The molecular weight excluding hydrogens is 458 g/mol. The molecular formula is C23H21N5O5S. The largest absolute Gasteiger partial charge is 0.493 e. The summed E-state index contributed by atoms with van der Waals surface area (Å²) in [5.74, 6) is -4.40. The van der Waals surface area contributed by atoms with Gasteiger partial charge in [0, 0.05) is 28.2 Å². The Bertz CT molecular complexity index is 1890. The van der Waals surface area contributed by atoms with Gasteiger partial charge in [-0.05, 0) is 42.7 Å². The number of para-hydroxylation sites is 2. The number of benzene rings is 1. The Morgan fingerprint density at radius 1 is 1.00 bits per heavy atom. The molecule has 0 spiro atoms. The molecule has 0 unspecified atom stereocenters. The van der Waals surface area contributed by atoms with E-state index in [0.717, 1.165) is 18.3 Å². The lowest BCUT2D eigenvalue weighted by Crippen LogP contribution is -2.17. The number of aromatic nitrogens is 4. The van der Waals surface area contributed by atoms with Crippen LogP contribution in [0.2, 0.25) is 0 Å². The Balaban J connectivity index is 2.00. The van der Waals surface area contributed by atoms with Gasteiger partial charge in [-0.3, -0.25) is 9.71 Å². The van der Waals surface area contributed by atoms with E-state index >= 15 is 0 Å². The highest BCUT2D eigenvalue weighted by Crippen LogP contribution is 2.41. The maximum absolute atomic E-state index is 13.5. The Kier molecular flexibility index (Phi) is 3.36. The number of methoxy groups -OCH3 is 2. The van der Waals surface area contributed by atoms with Crippen molar-refractivity contribution in [3.05, 3.63) is 72.6 Å². The van der Waals surface area contributed by atoms with E-state index in [1.165, 1.54) is 24.3 Å². The highest BCUT2D eigenvalue weighted by molar-refractivity contribution is 7.92. The van der Waals surface area contributed by atoms with Crippen molar-refractivity contribution in [3.8, 4) is 34.5 Å². The molecule has 0 atom stereocenters. The molecule has 3 aromatic heterocycles. The van der Waals surface area contributed by atoms with Gasteiger partial charge in [-0.25, -0.2) is 9.97 Å². The minimum atomic E-state index is -4.84. The van der Waals surface area contributed by atoms with Gasteiger partial charge in [-0.15, -0.1) is 0 Å². The second kappa shape index (κ2) is 9.71. The summed E-state index contributed by atoms with van der Waals surface area (Å²) in [7, 11) is -11.1. The molecule has 10 nitrogen and oxygen atoms in total. The van der Waals surface area contributed by atoms with Crippen LogP contribution in [0, 0.1) is 6.85 Å². The summed E-state index contributed by atoms with van der Waals surface area (Å²) in [6.07, 6.45) is -0.795. The van der Waals surface area contributed by atoms with Gasteiger partial charge in [-0.1, -0.05) is 18.2 Å². The third-order valence-electron chi connectivity index (χ3n) is 4.04. The van der Waals surface area contributed by atoms with E-state index in [4.69, 9.17) is 32.0 Å². The zero-order valence-electron chi connectivity index (χ0n) is 29.8. The number of nitrogens with zero attached hydrogens (tertiary/aromatic N) is 4. The molecule has 174 valence electrons. The summed E-state index contributed by atoms with van der Waals surface area (Å²) in [5, 5.41) is -0.741. The van der Waals surface area contributed by atoms with Crippen LogP contribution < -0.4 is 18.9 Å². The zero-order valence-corrected chi connectivity index (χ0v) is 17.6. The average molecular weight is 493 g/mol. The molecule has 0 radical (unpaired) electrons. The van der Waals surface area contributed by atoms with Crippen molar-refractivity contribution in [1.82, 2.24) is 19.9 Å².